The number of aromatic nitrogens is 2. The number of halogens is 1. The van der Waals surface area contributed by atoms with Gasteiger partial charge in [-0.3, -0.25) is 4.57 Å². The van der Waals surface area contributed by atoms with Crippen molar-refractivity contribution in [3.63, 3.8) is 0 Å². The van der Waals surface area contributed by atoms with Crippen LogP contribution >= 0.6 is 15.9 Å². The summed E-state index contributed by atoms with van der Waals surface area (Å²) in [7, 11) is 1.71. The summed E-state index contributed by atoms with van der Waals surface area (Å²) in [4.78, 5) is 4.34. The van der Waals surface area contributed by atoms with Crippen LogP contribution in [0.3, 0.4) is 0 Å². The van der Waals surface area contributed by atoms with Crippen LogP contribution in [-0.4, -0.2) is 29.8 Å². The maximum atomic E-state index is 5.03. The lowest BCUT2D eigenvalue weighted by molar-refractivity contribution is 0.197. The van der Waals surface area contributed by atoms with Gasteiger partial charge in [0.05, 0.1) is 0 Å². The van der Waals surface area contributed by atoms with Gasteiger partial charge in [0.1, 0.15) is 0 Å². The van der Waals surface area contributed by atoms with Gasteiger partial charge in [-0.25, -0.2) is 4.98 Å². The quantitative estimate of drug-likeness (QED) is 0.828. The Morgan fingerprint density at radius 1 is 1.42 bits per heavy atom. The molecule has 4 nitrogen and oxygen atoms in total. The lowest BCUT2D eigenvalue weighted by Crippen LogP contribution is -2.09. The maximum absolute atomic E-state index is 5.03. The van der Waals surface area contributed by atoms with E-state index in [1.54, 1.807) is 13.3 Å². The second-order valence-electron chi connectivity index (χ2n) is 4.33. The third-order valence-corrected chi connectivity index (χ3v) is 3.74. The fourth-order valence-corrected chi connectivity index (χ4v) is 2.16. The van der Waals surface area contributed by atoms with Gasteiger partial charge in [0.25, 0.3) is 0 Å². The first kappa shape index (κ1) is 14.1. The number of nitrogens with zero attached hydrogens (tertiary/aromatic N) is 2. The van der Waals surface area contributed by atoms with Crippen molar-refractivity contribution in [3.05, 3.63) is 40.6 Å². The van der Waals surface area contributed by atoms with Gasteiger partial charge in [0, 0.05) is 42.8 Å². The van der Waals surface area contributed by atoms with E-state index in [9.17, 15) is 0 Å². The zero-order valence-corrected chi connectivity index (χ0v) is 12.8. The van der Waals surface area contributed by atoms with Gasteiger partial charge in [0.15, 0.2) is 0 Å². The summed E-state index contributed by atoms with van der Waals surface area (Å²) in [6.07, 6.45) is 4.71. The molecule has 0 aliphatic rings. The average molecular weight is 324 g/mol. The molecular formula is C14H18BrN3O. The van der Waals surface area contributed by atoms with Crippen LogP contribution in [-0.2, 0) is 4.74 Å². The zero-order valence-electron chi connectivity index (χ0n) is 11.2. The Hall–Kier alpha value is -1.33. The Morgan fingerprint density at radius 2 is 2.26 bits per heavy atom. The first-order valence-corrected chi connectivity index (χ1v) is 7.04. The molecule has 0 radical (unpaired) electrons. The van der Waals surface area contributed by atoms with Gasteiger partial charge in [-0.05, 0) is 31.0 Å². The molecule has 0 bridgehead atoms. The zero-order chi connectivity index (χ0) is 13.7. The topological polar surface area (TPSA) is 39.1 Å². The minimum absolute atomic E-state index is 0.754. The van der Waals surface area contributed by atoms with E-state index in [2.05, 4.69) is 51.4 Å². The molecule has 1 aromatic heterocycles. The molecule has 19 heavy (non-hydrogen) atoms. The van der Waals surface area contributed by atoms with E-state index in [0.29, 0.717) is 0 Å². The molecule has 102 valence electrons. The van der Waals surface area contributed by atoms with Gasteiger partial charge < -0.3 is 10.1 Å². The molecule has 2 rings (SSSR count). The Kier molecular flexibility index (Phi) is 4.99. The fourth-order valence-electron chi connectivity index (χ4n) is 1.79. The molecule has 0 saturated heterocycles. The van der Waals surface area contributed by atoms with Crippen molar-refractivity contribution in [3.8, 4) is 5.69 Å². The Morgan fingerprint density at radius 3 is 3.00 bits per heavy atom. The molecule has 1 heterocycles. The monoisotopic (exact) mass is 323 g/mol. The van der Waals surface area contributed by atoms with Crippen molar-refractivity contribution in [2.24, 2.45) is 0 Å². The number of anilines is 1. The number of nitrogens with one attached hydrogen (secondary N) is 1. The smallest absolute Gasteiger partial charge is 0.207 e. The lowest BCUT2D eigenvalue weighted by Gasteiger charge is -2.10. The normalized spacial score (nSPS) is 10.7. The van der Waals surface area contributed by atoms with Crippen LogP contribution in [0.15, 0.2) is 35.1 Å². The predicted octanol–water partition coefficient (Wildman–Crippen LogP) is 3.39. The van der Waals surface area contributed by atoms with Crippen molar-refractivity contribution in [1.82, 2.24) is 9.55 Å². The molecule has 0 saturated carbocycles. The van der Waals surface area contributed by atoms with E-state index >= 15 is 0 Å². The van der Waals surface area contributed by atoms with E-state index in [1.807, 2.05) is 10.8 Å². The molecule has 0 unspecified atom stereocenters. The largest absolute Gasteiger partial charge is 0.385 e. The summed E-state index contributed by atoms with van der Waals surface area (Å²) in [6.45, 7) is 3.67. The highest BCUT2D eigenvalue weighted by molar-refractivity contribution is 9.10. The number of methoxy groups -OCH3 is 1. The van der Waals surface area contributed by atoms with Crippen LogP contribution in [0.2, 0.25) is 0 Å². The molecule has 0 amide bonds. The fraction of sp³-hybridized carbons (Fsp3) is 0.357. The average Bonchev–Trinajstić information content (AvgIpc) is 2.86. The molecule has 0 atom stereocenters. The SMILES string of the molecule is COCCCNc1nccn1-c1ccc(C)c(Br)c1. The van der Waals surface area contributed by atoms with Crippen LogP contribution < -0.4 is 5.32 Å². The highest BCUT2D eigenvalue weighted by Gasteiger charge is 2.05. The first-order valence-electron chi connectivity index (χ1n) is 6.25. The molecule has 0 fully saturated rings. The first-order chi connectivity index (χ1) is 9.22. The Balaban J connectivity index is 2.12. The number of hydrogen-bond acceptors (Lipinski definition) is 3. The van der Waals surface area contributed by atoms with Crippen LogP contribution in [0.25, 0.3) is 5.69 Å². The summed E-state index contributed by atoms with van der Waals surface area (Å²) >= 11 is 3.56. The molecular weight excluding hydrogens is 306 g/mol. The minimum atomic E-state index is 0.754. The predicted molar refractivity (Wildman–Crippen MR) is 81.0 cm³/mol. The number of benzene rings is 1. The van der Waals surface area contributed by atoms with E-state index in [-0.39, 0.29) is 0 Å². The number of hydrogen-bond donors (Lipinski definition) is 1. The Bertz CT molecular complexity index is 539. The lowest BCUT2D eigenvalue weighted by atomic mass is 10.2. The van der Waals surface area contributed by atoms with Gasteiger partial charge in [-0.1, -0.05) is 22.0 Å². The van der Waals surface area contributed by atoms with E-state index in [0.717, 1.165) is 35.7 Å². The third-order valence-electron chi connectivity index (χ3n) is 2.88. The molecule has 0 spiro atoms. The summed E-state index contributed by atoms with van der Waals surface area (Å²) in [5.74, 6) is 0.854. The maximum Gasteiger partial charge on any atom is 0.207 e. The van der Waals surface area contributed by atoms with Crippen LogP contribution in [0.4, 0.5) is 5.95 Å². The molecule has 0 aliphatic heterocycles. The van der Waals surface area contributed by atoms with Crippen molar-refractivity contribution >= 4 is 21.9 Å². The van der Waals surface area contributed by atoms with Gasteiger partial charge in [-0.15, -0.1) is 0 Å². The summed E-state index contributed by atoms with van der Waals surface area (Å²) in [6, 6.07) is 6.27. The van der Waals surface area contributed by atoms with E-state index < -0.39 is 0 Å². The number of imidazole rings is 1. The van der Waals surface area contributed by atoms with Crippen LogP contribution in [0.5, 0.6) is 0 Å². The van der Waals surface area contributed by atoms with Crippen molar-refractivity contribution in [2.75, 3.05) is 25.6 Å². The molecule has 1 aromatic carbocycles. The number of rotatable bonds is 6. The van der Waals surface area contributed by atoms with Gasteiger partial charge in [0.2, 0.25) is 5.95 Å². The summed E-state index contributed by atoms with van der Waals surface area (Å²) in [5.41, 5.74) is 2.31. The van der Waals surface area contributed by atoms with Crippen molar-refractivity contribution in [2.45, 2.75) is 13.3 Å². The Labute approximate surface area is 121 Å². The molecule has 2 aromatic rings. The van der Waals surface area contributed by atoms with Crippen LogP contribution in [0.1, 0.15) is 12.0 Å². The number of aryl methyl sites for hydroxylation is 1. The van der Waals surface area contributed by atoms with Gasteiger partial charge in [-0.2, -0.15) is 0 Å². The number of ether oxygens (including phenoxy) is 1. The standard InChI is InChI=1S/C14H18BrN3O/c1-11-4-5-12(10-13(11)15)18-8-7-17-14(18)16-6-3-9-19-2/h4-5,7-8,10H,3,6,9H2,1-2H3,(H,16,17). The second-order valence-corrected chi connectivity index (χ2v) is 5.18. The highest BCUT2D eigenvalue weighted by atomic mass is 79.9. The summed E-state index contributed by atoms with van der Waals surface area (Å²) in [5, 5.41) is 3.32. The molecule has 1 N–H and O–H groups in total. The third kappa shape index (κ3) is 3.58. The van der Waals surface area contributed by atoms with Gasteiger partial charge >= 0.3 is 0 Å². The summed E-state index contributed by atoms with van der Waals surface area (Å²) < 4.78 is 8.17. The van der Waals surface area contributed by atoms with Crippen molar-refractivity contribution < 1.29 is 4.74 Å². The van der Waals surface area contributed by atoms with Crippen molar-refractivity contribution in [1.29, 1.82) is 0 Å². The van der Waals surface area contributed by atoms with E-state index in [4.69, 9.17) is 4.74 Å². The minimum Gasteiger partial charge on any atom is -0.385 e. The van der Waals surface area contributed by atoms with E-state index in [1.165, 1.54) is 5.56 Å². The molecule has 5 heteroatoms. The van der Waals surface area contributed by atoms with Crippen LogP contribution in [0, 0.1) is 6.92 Å². The highest BCUT2D eigenvalue weighted by Crippen LogP contribution is 2.22. The molecule has 0 aliphatic carbocycles. The second kappa shape index (κ2) is 6.73.